The second kappa shape index (κ2) is 10.1. The van der Waals surface area contributed by atoms with E-state index >= 15 is 0 Å². The maximum atomic E-state index is 13.7. The summed E-state index contributed by atoms with van der Waals surface area (Å²) in [6.45, 7) is 2.19. The first kappa shape index (κ1) is 22.4. The lowest BCUT2D eigenvalue weighted by Crippen LogP contribution is -2.40. The van der Waals surface area contributed by atoms with Crippen LogP contribution >= 0.6 is 11.6 Å². The van der Waals surface area contributed by atoms with Gasteiger partial charge in [0, 0.05) is 24.8 Å². The minimum Gasteiger partial charge on any atom is -0.383 e. The van der Waals surface area contributed by atoms with Crippen LogP contribution in [0.1, 0.15) is 17.3 Å². The van der Waals surface area contributed by atoms with Gasteiger partial charge in [0.1, 0.15) is 11.6 Å². The van der Waals surface area contributed by atoms with Crippen LogP contribution in [-0.4, -0.2) is 41.8 Å². The van der Waals surface area contributed by atoms with Crippen molar-refractivity contribution in [3.63, 3.8) is 0 Å². The zero-order valence-electron chi connectivity index (χ0n) is 16.7. The molecule has 2 aromatic carbocycles. The molecule has 0 fully saturated rings. The average molecular weight is 448 g/mol. The van der Waals surface area contributed by atoms with Crippen molar-refractivity contribution in [2.24, 2.45) is 4.99 Å². The number of ether oxygens (including phenoxy) is 1. The first-order valence-corrected chi connectivity index (χ1v) is 9.65. The number of hydrogen-bond donors (Lipinski definition) is 3. The smallest absolute Gasteiger partial charge is 0.280 e. The summed E-state index contributed by atoms with van der Waals surface area (Å²) in [6, 6.07) is 11.1. The van der Waals surface area contributed by atoms with Gasteiger partial charge in [-0.25, -0.2) is 8.78 Å². The highest BCUT2D eigenvalue weighted by atomic mass is 35.5. The molecule has 0 aliphatic heterocycles. The number of carbonyl (C=O) groups is 1. The summed E-state index contributed by atoms with van der Waals surface area (Å²) in [5.41, 5.74) is 1.41. The van der Waals surface area contributed by atoms with Crippen LogP contribution in [0.25, 0.3) is 11.3 Å². The molecule has 162 valence electrons. The quantitative estimate of drug-likeness (QED) is 0.388. The van der Waals surface area contributed by atoms with Crippen LogP contribution in [-0.2, 0) is 4.74 Å². The minimum atomic E-state index is -0.714. The molecule has 7 nitrogen and oxygen atoms in total. The number of carbonyl (C=O) groups excluding carboxylic acids is 1. The van der Waals surface area contributed by atoms with E-state index < -0.39 is 11.7 Å². The van der Waals surface area contributed by atoms with Crippen LogP contribution in [0.15, 0.2) is 53.5 Å². The van der Waals surface area contributed by atoms with Gasteiger partial charge in [0.05, 0.1) is 17.3 Å². The second-order valence-electron chi connectivity index (χ2n) is 6.69. The number of guanidine groups is 1. The first-order valence-electron chi connectivity index (χ1n) is 9.27. The molecule has 1 heterocycles. The molecule has 1 amide bonds. The summed E-state index contributed by atoms with van der Waals surface area (Å²) < 4.78 is 31.9. The van der Waals surface area contributed by atoms with Gasteiger partial charge in [-0.2, -0.15) is 10.1 Å². The van der Waals surface area contributed by atoms with Crippen LogP contribution < -0.4 is 10.6 Å². The highest BCUT2D eigenvalue weighted by molar-refractivity contribution is 6.30. The van der Waals surface area contributed by atoms with Gasteiger partial charge in [0.2, 0.25) is 5.96 Å². The summed E-state index contributed by atoms with van der Waals surface area (Å²) in [6.07, 6.45) is 0. The average Bonchev–Trinajstić information content (AvgIpc) is 3.19. The monoisotopic (exact) mass is 447 g/mol. The third-order valence-electron chi connectivity index (χ3n) is 4.16. The van der Waals surface area contributed by atoms with E-state index in [2.05, 4.69) is 25.8 Å². The molecule has 0 saturated carbocycles. The van der Waals surface area contributed by atoms with Crippen molar-refractivity contribution in [1.29, 1.82) is 0 Å². The topological polar surface area (TPSA) is 91.4 Å². The van der Waals surface area contributed by atoms with Crippen LogP contribution in [0.2, 0.25) is 5.02 Å². The van der Waals surface area contributed by atoms with E-state index in [-0.39, 0.29) is 28.4 Å². The molecule has 0 aliphatic rings. The van der Waals surface area contributed by atoms with Crippen LogP contribution in [0.4, 0.5) is 14.6 Å². The third kappa shape index (κ3) is 6.09. The molecule has 1 atom stereocenters. The molecule has 0 aliphatic carbocycles. The number of nitrogens with one attached hydrogen (secondary N) is 3. The number of H-pyrrole nitrogens is 1. The Kier molecular flexibility index (Phi) is 7.32. The van der Waals surface area contributed by atoms with Gasteiger partial charge in [-0.3, -0.25) is 9.89 Å². The molecule has 0 bridgehead atoms. The summed E-state index contributed by atoms with van der Waals surface area (Å²) in [4.78, 5) is 16.5. The van der Waals surface area contributed by atoms with E-state index in [0.717, 1.165) is 11.6 Å². The molecule has 0 unspecified atom stereocenters. The van der Waals surface area contributed by atoms with Crippen LogP contribution in [0.3, 0.4) is 0 Å². The van der Waals surface area contributed by atoms with E-state index in [9.17, 15) is 13.6 Å². The number of aromatic amines is 1. The zero-order valence-corrected chi connectivity index (χ0v) is 17.5. The molecule has 3 rings (SSSR count). The number of nitrogens with zero attached hydrogens (tertiary/aromatic N) is 2. The van der Waals surface area contributed by atoms with Crippen molar-refractivity contribution in [3.05, 3.63) is 70.8 Å². The lowest BCUT2D eigenvalue weighted by molar-refractivity contribution is 0.100. The van der Waals surface area contributed by atoms with Crippen LogP contribution in [0, 0.1) is 11.6 Å². The Labute approximate surface area is 182 Å². The van der Waals surface area contributed by atoms with E-state index in [4.69, 9.17) is 16.3 Å². The number of aliphatic imine (C=N–C) groups is 1. The van der Waals surface area contributed by atoms with Gasteiger partial charge in [0.25, 0.3) is 5.91 Å². The minimum absolute atomic E-state index is 0.0384. The third-order valence-corrected chi connectivity index (χ3v) is 4.47. The van der Waals surface area contributed by atoms with Crippen LogP contribution in [0.5, 0.6) is 0 Å². The Morgan fingerprint density at radius 3 is 2.65 bits per heavy atom. The summed E-state index contributed by atoms with van der Waals surface area (Å²) >= 11 is 5.67. The van der Waals surface area contributed by atoms with E-state index in [0.29, 0.717) is 18.1 Å². The number of aromatic nitrogens is 2. The molecular formula is C21H20ClF2N5O2. The molecule has 0 radical (unpaired) electrons. The molecule has 31 heavy (non-hydrogen) atoms. The largest absolute Gasteiger partial charge is 0.383 e. The number of methoxy groups -OCH3 is 1. The molecule has 1 aromatic heterocycles. The fraction of sp³-hybridized carbons (Fsp3) is 0.190. The van der Waals surface area contributed by atoms with E-state index in [1.165, 1.54) is 24.3 Å². The molecule has 10 heteroatoms. The number of hydrogen-bond acceptors (Lipinski definition) is 3. The Bertz CT molecular complexity index is 1090. The Balaban J connectivity index is 1.83. The van der Waals surface area contributed by atoms with Crippen molar-refractivity contribution in [1.82, 2.24) is 15.5 Å². The van der Waals surface area contributed by atoms with Gasteiger partial charge >= 0.3 is 0 Å². The summed E-state index contributed by atoms with van der Waals surface area (Å²) in [5.74, 6) is -1.27. The normalized spacial score (nSPS) is 12.5. The zero-order chi connectivity index (χ0) is 22.4. The molecule has 0 saturated heterocycles. The van der Waals surface area contributed by atoms with Crippen molar-refractivity contribution in [2.75, 3.05) is 19.0 Å². The predicted octanol–water partition coefficient (Wildman–Crippen LogP) is 4.24. The van der Waals surface area contributed by atoms with Crippen molar-refractivity contribution in [2.45, 2.75) is 13.0 Å². The number of anilines is 1. The number of amides is 1. The number of benzene rings is 2. The van der Waals surface area contributed by atoms with E-state index in [1.54, 1.807) is 25.3 Å². The second-order valence-corrected chi connectivity index (χ2v) is 7.10. The highest BCUT2D eigenvalue weighted by Crippen LogP contribution is 2.20. The van der Waals surface area contributed by atoms with Gasteiger partial charge in [0.15, 0.2) is 5.82 Å². The predicted molar refractivity (Wildman–Crippen MR) is 115 cm³/mol. The fourth-order valence-corrected chi connectivity index (χ4v) is 2.82. The molecular weight excluding hydrogens is 428 g/mol. The lowest BCUT2D eigenvalue weighted by atomic mass is 10.1. The maximum Gasteiger partial charge on any atom is 0.280 e. The lowest BCUT2D eigenvalue weighted by Gasteiger charge is -2.16. The molecule has 3 aromatic rings. The fourth-order valence-electron chi connectivity index (χ4n) is 2.70. The van der Waals surface area contributed by atoms with Gasteiger partial charge in [-0.15, -0.1) is 0 Å². The number of rotatable bonds is 6. The SMILES string of the molecule is COC[C@H](C)N/C(=N/C(=O)c1ccc(Cl)c(F)c1)Nc1cc(-c2ccc(F)cc2)[nH]n1. The highest BCUT2D eigenvalue weighted by Gasteiger charge is 2.14. The first-order chi connectivity index (χ1) is 14.9. The maximum absolute atomic E-state index is 13.7. The number of halogens is 3. The summed E-state index contributed by atoms with van der Waals surface area (Å²) in [5, 5.41) is 12.8. The Hall–Kier alpha value is -3.30. The molecule has 0 spiro atoms. The van der Waals surface area contributed by atoms with E-state index in [1.807, 2.05) is 6.92 Å². The molecule has 3 N–H and O–H groups in total. The Morgan fingerprint density at radius 2 is 1.97 bits per heavy atom. The Morgan fingerprint density at radius 1 is 1.23 bits per heavy atom. The van der Waals surface area contributed by atoms with Gasteiger partial charge < -0.3 is 15.4 Å². The van der Waals surface area contributed by atoms with Crippen molar-refractivity contribution < 1.29 is 18.3 Å². The van der Waals surface area contributed by atoms with Crippen molar-refractivity contribution in [3.8, 4) is 11.3 Å². The van der Waals surface area contributed by atoms with Crippen molar-refractivity contribution >= 4 is 29.3 Å². The standard InChI is InChI=1S/C21H20ClF2N5O2/c1-12(11-31-2)25-21(27-20(30)14-5-8-16(22)17(24)9-14)26-19-10-18(28-29-19)13-3-6-15(23)7-4-13/h3-10,12H,11H2,1-2H3,(H3,25,26,27,28,29,30)/t12-/m0/s1. The summed E-state index contributed by atoms with van der Waals surface area (Å²) in [7, 11) is 1.55. The van der Waals surface area contributed by atoms with Gasteiger partial charge in [-0.05, 0) is 55.0 Å². The van der Waals surface area contributed by atoms with Gasteiger partial charge in [-0.1, -0.05) is 11.6 Å².